The molecule has 0 saturated carbocycles. The molecule has 0 fully saturated rings. The van der Waals surface area contributed by atoms with Gasteiger partial charge in [-0.3, -0.25) is 4.79 Å². The molecule has 0 bridgehead atoms. The van der Waals surface area contributed by atoms with Gasteiger partial charge in [-0.1, -0.05) is 17.8 Å². The van der Waals surface area contributed by atoms with Gasteiger partial charge in [0.1, 0.15) is 4.88 Å². The van der Waals surface area contributed by atoms with Crippen molar-refractivity contribution in [3.8, 4) is 0 Å². The number of ketones is 1. The molecular formula is C10H9BrN2OS2. The molecule has 0 N–H and O–H groups in total. The van der Waals surface area contributed by atoms with Gasteiger partial charge in [0.25, 0.3) is 0 Å². The molecule has 84 valence electrons. The van der Waals surface area contributed by atoms with Crippen LogP contribution in [0.15, 0.2) is 15.9 Å². The van der Waals surface area contributed by atoms with Crippen molar-refractivity contribution in [3.63, 3.8) is 0 Å². The summed E-state index contributed by atoms with van der Waals surface area (Å²) in [7, 11) is 0. The Morgan fingerprint density at radius 1 is 1.50 bits per heavy atom. The number of thiophene rings is 1. The van der Waals surface area contributed by atoms with E-state index in [2.05, 4.69) is 32.4 Å². The highest BCUT2D eigenvalue weighted by atomic mass is 79.9. The van der Waals surface area contributed by atoms with Crippen LogP contribution < -0.4 is 0 Å². The van der Waals surface area contributed by atoms with E-state index in [1.807, 2.05) is 11.4 Å². The van der Waals surface area contributed by atoms with Crippen LogP contribution in [-0.2, 0) is 6.42 Å². The zero-order chi connectivity index (χ0) is 11.5. The highest BCUT2D eigenvalue weighted by Crippen LogP contribution is 2.27. The standard InChI is InChI=1S/C10H9BrN2OS2/c1-2-3-7-10(16-13-12-7)8(14)9-6(11)4-5-15-9/h4-5H,2-3H2,1H3. The van der Waals surface area contributed by atoms with E-state index in [0.29, 0.717) is 4.88 Å². The van der Waals surface area contributed by atoms with Crippen molar-refractivity contribution in [2.75, 3.05) is 0 Å². The lowest BCUT2D eigenvalue weighted by molar-refractivity contribution is 0.104. The molecule has 0 aromatic carbocycles. The van der Waals surface area contributed by atoms with Crippen molar-refractivity contribution in [2.45, 2.75) is 19.8 Å². The van der Waals surface area contributed by atoms with Gasteiger partial charge in [-0.2, -0.15) is 0 Å². The Hall–Kier alpha value is -0.590. The first-order valence-corrected chi connectivity index (χ1v) is 7.27. The normalized spacial score (nSPS) is 10.6. The van der Waals surface area contributed by atoms with Gasteiger partial charge in [-0.05, 0) is 45.3 Å². The van der Waals surface area contributed by atoms with E-state index in [0.717, 1.165) is 27.9 Å². The molecule has 16 heavy (non-hydrogen) atoms. The summed E-state index contributed by atoms with van der Waals surface area (Å²) < 4.78 is 4.71. The fourth-order valence-electron chi connectivity index (χ4n) is 1.34. The number of hydrogen-bond donors (Lipinski definition) is 0. The molecular weight excluding hydrogens is 308 g/mol. The Morgan fingerprint density at radius 3 is 2.94 bits per heavy atom. The van der Waals surface area contributed by atoms with E-state index >= 15 is 0 Å². The third-order valence-corrected chi connectivity index (χ3v) is 4.68. The monoisotopic (exact) mass is 316 g/mol. The number of carbonyl (C=O) groups excluding carboxylic acids is 1. The maximum absolute atomic E-state index is 12.2. The Labute approximate surface area is 110 Å². The number of hydrogen-bond acceptors (Lipinski definition) is 5. The zero-order valence-electron chi connectivity index (χ0n) is 8.57. The second-order valence-electron chi connectivity index (χ2n) is 3.23. The van der Waals surface area contributed by atoms with Gasteiger partial charge in [0.2, 0.25) is 5.78 Å². The Morgan fingerprint density at radius 2 is 2.31 bits per heavy atom. The summed E-state index contributed by atoms with van der Waals surface area (Å²) in [6, 6.07) is 1.88. The van der Waals surface area contributed by atoms with Crippen LogP contribution in [0.1, 0.15) is 33.6 Å². The van der Waals surface area contributed by atoms with Gasteiger partial charge in [-0.25, -0.2) is 0 Å². The lowest BCUT2D eigenvalue weighted by Gasteiger charge is -1.97. The molecule has 0 saturated heterocycles. The summed E-state index contributed by atoms with van der Waals surface area (Å²) in [6.07, 6.45) is 1.78. The van der Waals surface area contributed by atoms with Crippen LogP contribution >= 0.6 is 38.8 Å². The lowest BCUT2D eigenvalue weighted by Crippen LogP contribution is -2.01. The summed E-state index contributed by atoms with van der Waals surface area (Å²) in [5, 5.41) is 5.90. The zero-order valence-corrected chi connectivity index (χ0v) is 11.8. The van der Waals surface area contributed by atoms with Crippen LogP contribution in [0.2, 0.25) is 0 Å². The van der Waals surface area contributed by atoms with Crippen LogP contribution in [0.3, 0.4) is 0 Å². The molecule has 2 rings (SSSR count). The minimum atomic E-state index is 0.0281. The number of rotatable bonds is 4. The van der Waals surface area contributed by atoms with Gasteiger partial charge in [-0.15, -0.1) is 16.4 Å². The second-order valence-corrected chi connectivity index (χ2v) is 5.75. The first-order chi connectivity index (χ1) is 7.74. The molecule has 2 aromatic rings. The van der Waals surface area contributed by atoms with Crippen LogP contribution in [0, 0.1) is 0 Å². The maximum Gasteiger partial charge on any atom is 0.217 e. The van der Waals surface area contributed by atoms with Gasteiger partial charge < -0.3 is 0 Å². The van der Waals surface area contributed by atoms with Crippen molar-refractivity contribution in [2.24, 2.45) is 0 Å². The quantitative estimate of drug-likeness (QED) is 0.810. The number of aryl methyl sites for hydroxylation is 1. The first kappa shape index (κ1) is 11.9. The van der Waals surface area contributed by atoms with Crippen molar-refractivity contribution in [1.29, 1.82) is 0 Å². The summed E-state index contributed by atoms with van der Waals surface area (Å²) >= 11 is 5.99. The first-order valence-electron chi connectivity index (χ1n) is 4.83. The van der Waals surface area contributed by atoms with Crippen LogP contribution in [0.5, 0.6) is 0 Å². The molecule has 2 aromatic heterocycles. The maximum atomic E-state index is 12.2. The van der Waals surface area contributed by atoms with Gasteiger partial charge in [0, 0.05) is 4.47 Å². The highest BCUT2D eigenvalue weighted by Gasteiger charge is 2.20. The SMILES string of the molecule is CCCc1nnsc1C(=O)c1sccc1Br. The third kappa shape index (κ3) is 2.23. The van der Waals surface area contributed by atoms with Crippen LogP contribution in [-0.4, -0.2) is 15.4 Å². The largest absolute Gasteiger partial charge is 0.287 e. The van der Waals surface area contributed by atoms with E-state index in [9.17, 15) is 4.79 Å². The van der Waals surface area contributed by atoms with E-state index in [-0.39, 0.29) is 5.78 Å². The summed E-state index contributed by atoms with van der Waals surface area (Å²) in [5.41, 5.74) is 0.817. The third-order valence-electron chi connectivity index (χ3n) is 2.07. The average Bonchev–Trinajstić information content (AvgIpc) is 2.87. The highest BCUT2D eigenvalue weighted by molar-refractivity contribution is 9.10. The van der Waals surface area contributed by atoms with E-state index < -0.39 is 0 Å². The molecule has 3 nitrogen and oxygen atoms in total. The predicted molar refractivity (Wildman–Crippen MR) is 69.4 cm³/mol. The summed E-state index contributed by atoms with van der Waals surface area (Å²) in [6.45, 7) is 2.06. The number of carbonyl (C=O) groups is 1. The molecule has 6 heteroatoms. The Kier molecular flexibility index (Phi) is 3.83. The van der Waals surface area contributed by atoms with Gasteiger partial charge in [0.05, 0.1) is 10.6 Å². The van der Waals surface area contributed by atoms with Gasteiger partial charge >= 0.3 is 0 Å². The number of halogens is 1. The van der Waals surface area contributed by atoms with Crippen molar-refractivity contribution < 1.29 is 4.79 Å². The minimum Gasteiger partial charge on any atom is -0.287 e. The Bertz CT molecular complexity index is 506. The number of aromatic nitrogens is 2. The molecule has 0 aliphatic heterocycles. The minimum absolute atomic E-state index is 0.0281. The molecule has 0 radical (unpaired) electrons. The molecule has 0 unspecified atom stereocenters. The molecule has 2 heterocycles. The average molecular weight is 317 g/mol. The van der Waals surface area contributed by atoms with E-state index in [4.69, 9.17) is 0 Å². The fraction of sp³-hybridized carbons (Fsp3) is 0.300. The topological polar surface area (TPSA) is 42.9 Å². The summed E-state index contributed by atoms with van der Waals surface area (Å²) in [4.78, 5) is 13.6. The molecule has 0 amide bonds. The lowest BCUT2D eigenvalue weighted by atomic mass is 10.2. The second kappa shape index (κ2) is 5.16. The Balaban J connectivity index is 2.34. The molecule has 0 aliphatic carbocycles. The fourth-order valence-corrected chi connectivity index (χ4v) is 3.56. The molecule has 0 atom stereocenters. The van der Waals surface area contributed by atoms with E-state index in [1.54, 1.807) is 0 Å². The smallest absolute Gasteiger partial charge is 0.217 e. The van der Waals surface area contributed by atoms with Gasteiger partial charge in [0.15, 0.2) is 0 Å². The van der Waals surface area contributed by atoms with Crippen LogP contribution in [0.4, 0.5) is 0 Å². The number of nitrogens with zero attached hydrogens (tertiary/aromatic N) is 2. The van der Waals surface area contributed by atoms with Crippen molar-refractivity contribution >= 4 is 44.6 Å². The van der Waals surface area contributed by atoms with E-state index in [1.165, 1.54) is 22.9 Å². The molecule has 0 spiro atoms. The van der Waals surface area contributed by atoms with Crippen molar-refractivity contribution in [1.82, 2.24) is 9.59 Å². The predicted octanol–water partition coefficient (Wildman–Crippen LogP) is 3.55. The van der Waals surface area contributed by atoms with Crippen LogP contribution in [0.25, 0.3) is 0 Å². The summed E-state index contributed by atoms with van der Waals surface area (Å²) in [5.74, 6) is 0.0281. The molecule has 0 aliphatic rings. The van der Waals surface area contributed by atoms with Crippen molar-refractivity contribution in [3.05, 3.63) is 31.4 Å².